The maximum Gasteiger partial charge on any atom is 0.135 e. The first-order chi connectivity index (χ1) is 14.9. The summed E-state index contributed by atoms with van der Waals surface area (Å²) in [5, 5.41) is 4.59. The molecule has 176 valence electrons. The molecule has 2 aliphatic rings. The zero-order chi connectivity index (χ0) is 22.2. The minimum Gasteiger partial charge on any atom is -0.300 e. The molecule has 1 aromatic heterocycles. The SMILES string of the molecule is CC(C)C(=O)CCCCCC1CCC(N2CCC(Cn3cc(C(C)C)cn3)CC2)CC1. The number of likely N-dealkylation sites (tertiary alicyclic amines) is 1. The van der Waals surface area contributed by atoms with E-state index in [0.29, 0.717) is 11.7 Å². The molecule has 4 heteroatoms. The van der Waals surface area contributed by atoms with Gasteiger partial charge in [0.25, 0.3) is 0 Å². The molecule has 31 heavy (non-hydrogen) atoms. The molecule has 0 bridgehead atoms. The fraction of sp³-hybridized carbons (Fsp3) is 0.852. The summed E-state index contributed by atoms with van der Waals surface area (Å²) in [6.45, 7) is 12.2. The first kappa shape index (κ1) is 24.5. The minimum atomic E-state index is 0.212. The van der Waals surface area contributed by atoms with Crippen LogP contribution in [0.15, 0.2) is 12.4 Å². The monoisotopic (exact) mass is 429 g/mol. The fourth-order valence-electron chi connectivity index (χ4n) is 5.54. The summed E-state index contributed by atoms with van der Waals surface area (Å²) in [6, 6.07) is 0.832. The Kier molecular flexibility index (Phi) is 9.62. The van der Waals surface area contributed by atoms with Crippen LogP contribution >= 0.6 is 0 Å². The van der Waals surface area contributed by atoms with Crippen LogP contribution in [0.3, 0.4) is 0 Å². The quantitative estimate of drug-likeness (QED) is 0.379. The standard InChI is InChI=1S/C27H47N3O/c1-21(2)25-18-28-30(20-25)19-24-14-16-29(17-15-24)26-12-10-23(11-13-26)8-6-5-7-9-27(31)22(3)4/h18,20-24,26H,5-17,19H2,1-4H3. The van der Waals surface area contributed by atoms with E-state index < -0.39 is 0 Å². The van der Waals surface area contributed by atoms with E-state index in [2.05, 4.69) is 34.7 Å². The first-order valence-electron chi connectivity index (χ1n) is 13.2. The summed E-state index contributed by atoms with van der Waals surface area (Å²) in [7, 11) is 0. The summed E-state index contributed by atoms with van der Waals surface area (Å²) >= 11 is 0. The third-order valence-electron chi connectivity index (χ3n) is 7.93. The van der Waals surface area contributed by atoms with Gasteiger partial charge in [-0.2, -0.15) is 5.10 Å². The zero-order valence-corrected chi connectivity index (χ0v) is 20.7. The maximum atomic E-state index is 11.7. The van der Waals surface area contributed by atoms with Crippen molar-refractivity contribution in [2.45, 2.75) is 117 Å². The second kappa shape index (κ2) is 12.2. The Morgan fingerprint density at radius 1 is 0.968 bits per heavy atom. The second-order valence-electron chi connectivity index (χ2n) is 11.0. The van der Waals surface area contributed by atoms with Crippen LogP contribution in [-0.2, 0) is 11.3 Å². The first-order valence-corrected chi connectivity index (χ1v) is 13.2. The number of ketones is 1. The molecule has 0 unspecified atom stereocenters. The van der Waals surface area contributed by atoms with Gasteiger partial charge in [0.2, 0.25) is 0 Å². The van der Waals surface area contributed by atoms with Crippen LogP contribution in [0, 0.1) is 17.8 Å². The lowest BCUT2D eigenvalue weighted by Crippen LogP contribution is -2.43. The molecule has 1 saturated carbocycles. The van der Waals surface area contributed by atoms with Gasteiger partial charge in [-0.05, 0) is 81.4 Å². The van der Waals surface area contributed by atoms with E-state index in [1.165, 1.54) is 76.4 Å². The van der Waals surface area contributed by atoms with Crippen LogP contribution in [0.4, 0.5) is 0 Å². The number of unbranched alkanes of at least 4 members (excludes halogenated alkanes) is 2. The Bertz CT molecular complexity index is 649. The number of piperidine rings is 1. The Labute approximate surface area is 191 Å². The third-order valence-corrected chi connectivity index (χ3v) is 7.93. The number of hydrogen-bond donors (Lipinski definition) is 0. The van der Waals surface area contributed by atoms with Gasteiger partial charge in [0.05, 0.1) is 6.20 Å². The van der Waals surface area contributed by atoms with Gasteiger partial charge in [0.1, 0.15) is 5.78 Å². The average Bonchev–Trinajstić information content (AvgIpc) is 3.23. The van der Waals surface area contributed by atoms with E-state index in [0.717, 1.165) is 37.3 Å². The number of rotatable bonds is 11. The highest BCUT2D eigenvalue weighted by Crippen LogP contribution is 2.33. The number of carbonyl (C=O) groups is 1. The van der Waals surface area contributed by atoms with Gasteiger partial charge in [-0.25, -0.2) is 0 Å². The molecule has 0 atom stereocenters. The number of carbonyl (C=O) groups excluding carboxylic acids is 1. The lowest BCUT2D eigenvalue weighted by Gasteiger charge is -2.41. The fourth-order valence-corrected chi connectivity index (χ4v) is 5.54. The van der Waals surface area contributed by atoms with Crippen molar-refractivity contribution in [1.82, 2.24) is 14.7 Å². The smallest absolute Gasteiger partial charge is 0.135 e. The second-order valence-corrected chi connectivity index (χ2v) is 11.0. The van der Waals surface area contributed by atoms with Crippen LogP contribution in [-0.4, -0.2) is 39.6 Å². The Hall–Kier alpha value is -1.16. The molecular weight excluding hydrogens is 382 g/mol. The topological polar surface area (TPSA) is 38.1 Å². The van der Waals surface area contributed by atoms with Gasteiger partial charge in [-0.3, -0.25) is 9.48 Å². The highest BCUT2D eigenvalue weighted by atomic mass is 16.1. The highest BCUT2D eigenvalue weighted by molar-refractivity contribution is 5.80. The third kappa shape index (κ3) is 7.73. The molecule has 1 aromatic rings. The molecule has 2 heterocycles. The predicted octanol–water partition coefficient (Wildman–Crippen LogP) is 6.45. The molecule has 1 aliphatic heterocycles. The molecule has 0 amide bonds. The largest absolute Gasteiger partial charge is 0.300 e. The van der Waals surface area contributed by atoms with Gasteiger partial charge < -0.3 is 4.90 Å². The van der Waals surface area contributed by atoms with Crippen molar-refractivity contribution in [2.24, 2.45) is 17.8 Å². The normalized spacial score (nSPS) is 23.7. The Balaban J connectivity index is 1.27. The van der Waals surface area contributed by atoms with Gasteiger partial charge >= 0.3 is 0 Å². The Morgan fingerprint density at radius 2 is 1.68 bits per heavy atom. The van der Waals surface area contributed by atoms with Gasteiger partial charge in [-0.1, -0.05) is 47.0 Å². The summed E-state index contributed by atoms with van der Waals surface area (Å²) in [5.41, 5.74) is 1.36. The zero-order valence-electron chi connectivity index (χ0n) is 20.7. The molecule has 0 radical (unpaired) electrons. The highest BCUT2D eigenvalue weighted by Gasteiger charge is 2.29. The van der Waals surface area contributed by atoms with E-state index in [9.17, 15) is 4.79 Å². The lowest BCUT2D eigenvalue weighted by molar-refractivity contribution is -0.122. The van der Waals surface area contributed by atoms with E-state index in [4.69, 9.17) is 0 Å². The number of hydrogen-bond acceptors (Lipinski definition) is 3. The summed E-state index contributed by atoms with van der Waals surface area (Å²) in [6.07, 6.45) is 18.4. The van der Waals surface area contributed by atoms with Crippen LogP contribution < -0.4 is 0 Å². The van der Waals surface area contributed by atoms with E-state index >= 15 is 0 Å². The van der Waals surface area contributed by atoms with Crippen molar-refractivity contribution in [3.05, 3.63) is 18.0 Å². The summed E-state index contributed by atoms with van der Waals surface area (Å²) in [4.78, 5) is 14.5. The molecule has 0 spiro atoms. The predicted molar refractivity (Wildman–Crippen MR) is 129 cm³/mol. The molecule has 1 aliphatic carbocycles. The van der Waals surface area contributed by atoms with Crippen LogP contribution in [0.5, 0.6) is 0 Å². The van der Waals surface area contributed by atoms with Crippen molar-refractivity contribution in [3.8, 4) is 0 Å². The van der Waals surface area contributed by atoms with E-state index in [1.54, 1.807) is 0 Å². The summed E-state index contributed by atoms with van der Waals surface area (Å²) in [5.74, 6) is 2.94. The van der Waals surface area contributed by atoms with Crippen LogP contribution in [0.25, 0.3) is 0 Å². The van der Waals surface area contributed by atoms with Crippen LogP contribution in [0.1, 0.15) is 110 Å². The van der Waals surface area contributed by atoms with Crippen molar-refractivity contribution in [1.29, 1.82) is 0 Å². The minimum absolute atomic E-state index is 0.212. The van der Waals surface area contributed by atoms with E-state index in [-0.39, 0.29) is 5.92 Å². The maximum absolute atomic E-state index is 11.7. The van der Waals surface area contributed by atoms with Crippen molar-refractivity contribution < 1.29 is 4.79 Å². The summed E-state index contributed by atoms with van der Waals surface area (Å²) < 4.78 is 2.18. The molecule has 1 saturated heterocycles. The average molecular weight is 430 g/mol. The molecule has 0 N–H and O–H groups in total. The van der Waals surface area contributed by atoms with Gasteiger partial charge in [0.15, 0.2) is 0 Å². The lowest BCUT2D eigenvalue weighted by atomic mass is 9.81. The number of aromatic nitrogens is 2. The van der Waals surface area contributed by atoms with Crippen LogP contribution in [0.2, 0.25) is 0 Å². The molecular formula is C27H47N3O. The number of nitrogens with zero attached hydrogens (tertiary/aromatic N) is 3. The van der Waals surface area contributed by atoms with Crippen molar-refractivity contribution >= 4 is 5.78 Å². The van der Waals surface area contributed by atoms with E-state index in [1.807, 2.05) is 20.0 Å². The Morgan fingerprint density at radius 3 is 2.29 bits per heavy atom. The molecule has 3 rings (SSSR count). The van der Waals surface area contributed by atoms with Crippen molar-refractivity contribution in [2.75, 3.05) is 13.1 Å². The van der Waals surface area contributed by atoms with Gasteiger partial charge in [0, 0.05) is 31.1 Å². The van der Waals surface area contributed by atoms with Crippen molar-refractivity contribution in [3.63, 3.8) is 0 Å². The molecule has 4 nitrogen and oxygen atoms in total. The van der Waals surface area contributed by atoms with Gasteiger partial charge in [-0.15, -0.1) is 0 Å². The molecule has 0 aromatic carbocycles. The molecule has 2 fully saturated rings. The number of Topliss-reactive ketones (excluding diaryl/α,β-unsaturated/α-hetero) is 1.